The zero-order valence-corrected chi connectivity index (χ0v) is 15.2. The minimum absolute atomic E-state index is 0.0696. The molecule has 0 radical (unpaired) electrons. The van der Waals surface area contributed by atoms with Crippen LogP contribution in [0.3, 0.4) is 0 Å². The number of anilines is 1. The van der Waals surface area contributed by atoms with E-state index in [0.717, 1.165) is 47.0 Å². The number of thiazole rings is 1. The van der Waals surface area contributed by atoms with Gasteiger partial charge in [0.1, 0.15) is 23.3 Å². The van der Waals surface area contributed by atoms with E-state index in [1.807, 2.05) is 12.1 Å². The van der Waals surface area contributed by atoms with E-state index >= 15 is 0 Å². The Balaban J connectivity index is 1.49. The molecule has 1 aliphatic heterocycles. The van der Waals surface area contributed by atoms with E-state index in [4.69, 9.17) is 9.72 Å². The molecule has 1 atom stereocenters. The van der Waals surface area contributed by atoms with Crippen LogP contribution in [-0.4, -0.2) is 47.1 Å². The van der Waals surface area contributed by atoms with Crippen molar-refractivity contribution in [3.05, 3.63) is 42.5 Å². The number of ether oxygens (including phenoxy) is 1. The van der Waals surface area contributed by atoms with Gasteiger partial charge in [0.15, 0.2) is 5.13 Å². The molecular weight excluding hydrogens is 350 g/mol. The molecule has 1 unspecified atom stereocenters. The lowest BCUT2D eigenvalue weighted by molar-refractivity contribution is 0.0928. The maximum absolute atomic E-state index is 12.3. The van der Waals surface area contributed by atoms with Crippen LogP contribution in [0.2, 0.25) is 0 Å². The maximum atomic E-state index is 12.3. The number of benzene rings is 1. The van der Waals surface area contributed by atoms with Gasteiger partial charge in [0.2, 0.25) is 0 Å². The standard InChI is InChI=1S/C18H19N5O2S/c1-25-14-5-2-6-15-16(14)22-18(26-15)23-9-3-4-12(10-23)21-17(24)13-7-8-19-11-20-13/h2,5-8,11-12H,3-4,9-10H2,1H3,(H,21,24). The first kappa shape index (κ1) is 16.7. The van der Waals surface area contributed by atoms with Crippen LogP contribution in [0.15, 0.2) is 36.8 Å². The highest BCUT2D eigenvalue weighted by Crippen LogP contribution is 2.34. The lowest BCUT2D eigenvalue weighted by atomic mass is 10.1. The van der Waals surface area contributed by atoms with Gasteiger partial charge in [-0.3, -0.25) is 4.79 Å². The largest absolute Gasteiger partial charge is 0.494 e. The molecule has 3 heterocycles. The molecule has 7 nitrogen and oxygen atoms in total. The third kappa shape index (κ3) is 3.32. The van der Waals surface area contributed by atoms with Crippen molar-refractivity contribution in [1.29, 1.82) is 0 Å². The summed E-state index contributed by atoms with van der Waals surface area (Å²) in [6.07, 6.45) is 4.91. The summed E-state index contributed by atoms with van der Waals surface area (Å²) in [5.74, 6) is 0.626. The number of nitrogens with one attached hydrogen (secondary N) is 1. The number of rotatable bonds is 4. The first-order valence-electron chi connectivity index (χ1n) is 8.50. The van der Waals surface area contributed by atoms with Gasteiger partial charge in [0.05, 0.1) is 11.8 Å². The average Bonchev–Trinajstić information content (AvgIpc) is 3.13. The second kappa shape index (κ2) is 7.25. The summed E-state index contributed by atoms with van der Waals surface area (Å²) >= 11 is 1.65. The maximum Gasteiger partial charge on any atom is 0.270 e. The van der Waals surface area contributed by atoms with Gasteiger partial charge >= 0.3 is 0 Å². The predicted octanol–water partition coefficient (Wildman–Crippen LogP) is 2.49. The predicted molar refractivity (Wildman–Crippen MR) is 101 cm³/mol. The molecule has 0 aliphatic carbocycles. The van der Waals surface area contributed by atoms with Crippen molar-refractivity contribution in [3.8, 4) is 5.75 Å². The Hall–Kier alpha value is -2.74. The number of aromatic nitrogens is 3. The molecule has 2 aromatic heterocycles. The van der Waals surface area contributed by atoms with Crippen LogP contribution in [0.4, 0.5) is 5.13 Å². The lowest BCUT2D eigenvalue weighted by Gasteiger charge is -2.32. The van der Waals surface area contributed by atoms with E-state index < -0.39 is 0 Å². The quantitative estimate of drug-likeness (QED) is 0.761. The highest BCUT2D eigenvalue weighted by molar-refractivity contribution is 7.22. The number of nitrogens with zero attached hydrogens (tertiary/aromatic N) is 4. The smallest absolute Gasteiger partial charge is 0.270 e. The fourth-order valence-corrected chi connectivity index (χ4v) is 4.18. The Morgan fingerprint density at radius 1 is 1.38 bits per heavy atom. The molecular formula is C18H19N5O2S. The van der Waals surface area contributed by atoms with Crippen molar-refractivity contribution in [2.24, 2.45) is 0 Å². The SMILES string of the molecule is COc1cccc2sc(N3CCCC(NC(=O)c4ccncn4)C3)nc12. The zero-order chi connectivity index (χ0) is 17.9. The Kier molecular flexibility index (Phi) is 4.66. The normalized spacial score (nSPS) is 17.3. The van der Waals surface area contributed by atoms with E-state index in [1.165, 1.54) is 6.33 Å². The Morgan fingerprint density at radius 3 is 3.12 bits per heavy atom. The van der Waals surface area contributed by atoms with E-state index in [0.29, 0.717) is 5.69 Å². The van der Waals surface area contributed by atoms with Crippen molar-refractivity contribution in [1.82, 2.24) is 20.3 Å². The summed E-state index contributed by atoms with van der Waals surface area (Å²) in [4.78, 5) is 27.2. The molecule has 0 saturated carbocycles. The highest BCUT2D eigenvalue weighted by Gasteiger charge is 2.24. The van der Waals surface area contributed by atoms with Crippen LogP contribution in [0.1, 0.15) is 23.3 Å². The summed E-state index contributed by atoms with van der Waals surface area (Å²) in [6, 6.07) is 7.64. The monoisotopic (exact) mass is 369 g/mol. The van der Waals surface area contributed by atoms with E-state index in [9.17, 15) is 4.79 Å². The van der Waals surface area contributed by atoms with Gasteiger partial charge in [-0.1, -0.05) is 17.4 Å². The fraction of sp³-hybridized carbons (Fsp3) is 0.333. The minimum Gasteiger partial charge on any atom is -0.494 e. The van der Waals surface area contributed by atoms with Crippen LogP contribution in [-0.2, 0) is 0 Å². The summed E-state index contributed by atoms with van der Waals surface area (Å²) in [6.45, 7) is 1.67. The molecule has 1 amide bonds. The first-order valence-corrected chi connectivity index (χ1v) is 9.31. The number of piperidine rings is 1. The molecule has 1 aromatic carbocycles. The number of para-hydroxylation sites is 1. The van der Waals surface area contributed by atoms with Crippen molar-refractivity contribution in [2.75, 3.05) is 25.1 Å². The lowest BCUT2D eigenvalue weighted by Crippen LogP contribution is -2.48. The van der Waals surface area contributed by atoms with E-state index in [-0.39, 0.29) is 11.9 Å². The zero-order valence-electron chi connectivity index (χ0n) is 14.4. The number of carbonyl (C=O) groups excluding carboxylic acids is 1. The first-order chi connectivity index (χ1) is 12.7. The minimum atomic E-state index is -0.162. The third-order valence-electron chi connectivity index (χ3n) is 4.43. The van der Waals surface area contributed by atoms with Gasteiger partial charge in [-0.2, -0.15) is 0 Å². The molecule has 26 heavy (non-hydrogen) atoms. The second-order valence-corrected chi connectivity index (χ2v) is 7.17. The molecule has 0 spiro atoms. The molecule has 1 saturated heterocycles. The molecule has 3 aromatic rings. The molecule has 1 fully saturated rings. The molecule has 1 N–H and O–H groups in total. The van der Waals surface area contributed by atoms with Crippen molar-refractivity contribution in [3.63, 3.8) is 0 Å². The van der Waals surface area contributed by atoms with Crippen LogP contribution in [0.25, 0.3) is 10.2 Å². The fourth-order valence-electron chi connectivity index (χ4n) is 3.16. The Labute approximate surface area is 155 Å². The topological polar surface area (TPSA) is 80.2 Å². The molecule has 8 heteroatoms. The van der Waals surface area contributed by atoms with Gasteiger partial charge in [-0.05, 0) is 31.0 Å². The Morgan fingerprint density at radius 2 is 2.31 bits per heavy atom. The highest BCUT2D eigenvalue weighted by atomic mass is 32.1. The summed E-state index contributed by atoms with van der Waals surface area (Å²) in [5, 5.41) is 4.04. The number of hydrogen-bond donors (Lipinski definition) is 1. The van der Waals surface area contributed by atoms with Gasteiger partial charge in [0, 0.05) is 25.3 Å². The van der Waals surface area contributed by atoms with Gasteiger partial charge in [-0.15, -0.1) is 0 Å². The van der Waals surface area contributed by atoms with Gasteiger partial charge < -0.3 is 15.0 Å². The summed E-state index contributed by atoms with van der Waals surface area (Å²) in [5.41, 5.74) is 1.28. The van der Waals surface area contributed by atoms with Gasteiger partial charge in [0.25, 0.3) is 5.91 Å². The van der Waals surface area contributed by atoms with Gasteiger partial charge in [-0.25, -0.2) is 15.0 Å². The molecule has 134 valence electrons. The van der Waals surface area contributed by atoms with Crippen molar-refractivity contribution < 1.29 is 9.53 Å². The van der Waals surface area contributed by atoms with Crippen LogP contribution in [0, 0.1) is 0 Å². The average molecular weight is 369 g/mol. The number of methoxy groups -OCH3 is 1. The third-order valence-corrected chi connectivity index (χ3v) is 5.51. The number of hydrogen-bond acceptors (Lipinski definition) is 7. The second-order valence-electron chi connectivity index (χ2n) is 6.16. The van der Waals surface area contributed by atoms with Crippen LogP contribution >= 0.6 is 11.3 Å². The van der Waals surface area contributed by atoms with Crippen molar-refractivity contribution in [2.45, 2.75) is 18.9 Å². The number of carbonyl (C=O) groups is 1. The van der Waals surface area contributed by atoms with Crippen LogP contribution in [0.5, 0.6) is 5.75 Å². The van der Waals surface area contributed by atoms with E-state index in [1.54, 1.807) is 30.7 Å². The van der Waals surface area contributed by atoms with Crippen molar-refractivity contribution >= 4 is 32.6 Å². The molecule has 1 aliphatic rings. The molecule has 0 bridgehead atoms. The Bertz CT molecular complexity index is 914. The van der Waals surface area contributed by atoms with Crippen LogP contribution < -0.4 is 15.0 Å². The molecule has 4 rings (SSSR count). The number of amides is 1. The van der Waals surface area contributed by atoms with E-state index in [2.05, 4.69) is 26.3 Å². The summed E-state index contributed by atoms with van der Waals surface area (Å²) in [7, 11) is 1.66. The summed E-state index contributed by atoms with van der Waals surface area (Å²) < 4.78 is 6.51. The number of fused-ring (bicyclic) bond motifs is 1.